The number of nitriles is 2. The molecule has 2 aromatic carbocycles. The van der Waals surface area contributed by atoms with E-state index >= 15 is 0 Å². The van der Waals surface area contributed by atoms with E-state index < -0.39 is 0 Å². The minimum absolute atomic E-state index is 0.573. The van der Waals surface area contributed by atoms with Gasteiger partial charge in [0, 0.05) is 55.0 Å². The second-order valence-electron chi connectivity index (χ2n) is 7.97. The van der Waals surface area contributed by atoms with Gasteiger partial charge >= 0.3 is 0 Å². The van der Waals surface area contributed by atoms with Crippen LogP contribution in [0, 0.1) is 22.7 Å². The monoisotopic (exact) mass is 413 g/mol. The van der Waals surface area contributed by atoms with Gasteiger partial charge in [-0.1, -0.05) is 0 Å². The number of benzene rings is 2. The molecule has 1 saturated heterocycles. The zero-order valence-electron chi connectivity index (χ0n) is 17.9. The molecular formula is C25H27N5O. The summed E-state index contributed by atoms with van der Waals surface area (Å²) in [5, 5.41) is 19.5. The second kappa shape index (κ2) is 9.55. The smallest absolute Gasteiger partial charge is 0.138 e. The molecule has 0 spiro atoms. The Balaban J connectivity index is 1.24. The van der Waals surface area contributed by atoms with Crippen molar-refractivity contribution in [3.8, 4) is 17.9 Å². The minimum atomic E-state index is 0.573. The molecule has 0 radical (unpaired) electrons. The highest BCUT2D eigenvalue weighted by molar-refractivity contribution is 5.84. The number of hydrogen-bond donors (Lipinski definition) is 1. The first-order valence-electron chi connectivity index (χ1n) is 10.8. The molecule has 2 heterocycles. The highest BCUT2D eigenvalue weighted by Gasteiger charge is 2.18. The molecule has 0 aliphatic carbocycles. The van der Waals surface area contributed by atoms with Gasteiger partial charge in [-0.05, 0) is 61.7 Å². The van der Waals surface area contributed by atoms with Crippen LogP contribution < -0.4 is 9.64 Å². The van der Waals surface area contributed by atoms with Crippen molar-refractivity contribution >= 4 is 16.6 Å². The van der Waals surface area contributed by atoms with Crippen molar-refractivity contribution in [1.82, 2.24) is 9.88 Å². The van der Waals surface area contributed by atoms with Crippen LogP contribution in [0.25, 0.3) is 10.9 Å². The number of unbranched alkanes of at least 4 members (excludes halogenated alkanes) is 1. The number of piperazine rings is 1. The molecular weight excluding hydrogens is 386 g/mol. The van der Waals surface area contributed by atoms with Gasteiger partial charge < -0.3 is 14.6 Å². The molecule has 0 atom stereocenters. The molecule has 0 unspecified atom stereocenters. The van der Waals surface area contributed by atoms with E-state index in [0.717, 1.165) is 63.2 Å². The van der Waals surface area contributed by atoms with E-state index in [0.29, 0.717) is 16.9 Å². The Morgan fingerprint density at radius 3 is 2.58 bits per heavy atom. The first-order valence-corrected chi connectivity index (χ1v) is 10.8. The quantitative estimate of drug-likeness (QED) is 0.591. The molecule has 6 heteroatoms. The van der Waals surface area contributed by atoms with Crippen LogP contribution in [0.1, 0.15) is 29.5 Å². The van der Waals surface area contributed by atoms with Gasteiger partial charge in [-0.25, -0.2) is 0 Å². The Morgan fingerprint density at radius 1 is 1.00 bits per heavy atom. The fourth-order valence-corrected chi connectivity index (χ4v) is 4.30. The van der Waals surface area contributed by atoms with E-state index in [2.05, 4.69) is 33.1 Å². The van der Waals surface area contributed by atoms with Gasteiger partial charge in [0.1, 0.15) is 11.8 Å². The molecule has 1 N–H and O–H groups in total. The maximum Gasteiger partial charge on any atom is 0.138 e. The third kappa shape index (κ3) is 4.66. The standard InChI is InChI=1S/C25H27N5O/c1-31-25-15-22(7-6-20(25)17-27)30-12-10-29(11-13-30)9-3-2-4-21-18-28-24-8-5-19(16-26)14-23(21)24/h5-8,14-15,18,28H,2-4,9-13H2,1H3. The van der Waals surface area contributed by atoms with Crippen LogP contribution in [0.2, 0.25) is 0 Å². The SMILES string of the molecule is COc1cc(N2CCN(CCCCc3c[nH]c4ccc(C#N)cc34)CC2)ccc1C#N. The largest absolute Gasteiger partial charge is 0.495 e. The van der Waals surface area contributed by atoms with Gasteiger partial charge in [0.15, 0.2) is 0 Å². The van der Waals surface area contributed by atoms with E-state index in [-0.39, 0.29) is 0 Å². The second-order valence-corrected chi connectivity index (χ2v) is 7.97. The minimum Gasteiger partial charge on any atom is -0.495 e. The van der Waals surface area contributed by atoms with E-state index in [4.69, 9.17) is 15.3 Å². The van der Waals surface area contributed by atoms with Gasteiger partial charge in [0.25, 0.3) is 0 Å². The van der Waals surface area contributed by atoms with Crippen molar-refractivity contribution in [3.63, 3.8) is 0 Å². The molecule has 1 aliphatic rings. The van der Waals surface area contributed by atoms with Crippen LogP contribution in [0.15, 0.2) is 42.6 Å². The van der Waals surface area contributed by atoms with Gasteiger partial charge in [0.2, 0.25) is 0 Å². The predicted octanol–water partition coefficient (Wildman–Crippen LogP) is 4.06. The number of anilines is 1. The van der Waals surface area contributed by atoms with Crippen LogP contribution >= 0.6 is 0 Å². The Morgan fingerprint density at radius 2 is 1.84 bits per heavy atom. The molecule has 1 aliphatic heterocycles. The highest BCUT2D eigenvalue weighted by atomic mass is 16.5. The van der Waals surface area contributed by atoms with Gasteiger partial charge in [0.05, 0.1) is 24.3 Å². The summed E-state index contributed by atoms with van der Waals surface area (Å²) in [6.07, 6.45) is 5.41. The van der Waals surface area contributed by atoms with Crippen LogP contribution in [0.5, 0.6) is 5.75 Å². The molecule has 0 bridgehead atoms. The molecule has 6 nitrogen and oxygen atoms in total. The number of ether oxygens (including phenoxy) is 1. The Kier molecular flexibility index (Phi) is 6.40. The summed E-state index contributed by atoms with van der Waals surface area (Å²) in [6.45, 7) is 5.15. The van der Waals surface area contributed by atoms with Crippen LogP contribution in [0.4, 0.5) is 5.69 Å². The van der Waals surface area contributed by atoms with E-state index in [9.17, 15) is 0 Å². The topological polar surface area (TPSA) is 79.1 Å². The van der Waals surface area contributed by atoms with Crippen molar-refractivity contribution < 1.29 is 4.74 Å². The summed E-state index contributed by atoms with van der Waals surface area (Å²) < 4.78 is 5.35. The number of aromatic nitrogens is 1. The van der Waals surface area contributed by atoms with Gasteiger partial charge in [-0.2, -0.15) is 10.5 Å². The Labute approximate surface area is 183 Å². The van der Waals surface area contributed by atoms with Crippen LogP contribution in [0.3, 0.4) is 0 Å². The average Bonchev–Trinajstić information content (AvgIpc) is 3.23. The first-order chi connectivity index (χ1) is 15.2. The number of H-pyrrole nitrogens is 1. The lowest BCUT2D eigenvalue weighted by atomic mass is 10.1. The third-order valence-electron chi connectivity index (χ3n) is 6.11. The Bertz CT molecular complexity index is 1130. The maximum atomic E-state index is 9.16. The lowest BCUT2D eigenvalue weighted by Gasteiger charge is -2.36. The summed E-state index contributed by atoms with van der Waals surface area (Å²) in [7, 11) is 1.61. The number of nitrogens with zero attached hydrogens (tertiary/aromatic N) is 4. The van der Waals surface area contributed by atoms with Crippen molar-refractivity contribution in [2.75, 3.05) is 44.7 Å². The lowest BCUT2D eigenvalue weighted by molar-refractivity contribution is 0.253. The molecule has 31 heavy (non-hydrogen) atoms. The van der Waals surface area contributed by atoms with Crippen molar-refractivity contribution in [3.05, 3.63) is 59.3 Å². The predicted molar refractivity (Wildman–Crippen MR) is 122 cm³/mol. The number of aromatic amines is 1. The zero-order valence-corrected chi connectivity index (χ0v) is 17.9. The summed E-state index contributed by atoms with van der Waals surface area (Å²) in [5.41, 5.74) is 4.80. The zero-order chi connectivity index (χ0) is 21.6. The number of nitrogens with one attached hydrogen (secondary N) is 1. The summed E-state index contributed by atoms with van der Waals surface area (Å²) in [6, 6.07) is 16.0. The van der Waals surface area contributed by atoms with Crippen LogP contribution in [-0.4, -0.2) is 49.7 Å². The van der Waals surface area contributed by atoms with Crippen molar-refractivity contribution in [1.29, 1.82) is 10.5 Å². The van der Waals surface area contributed by atoms with Crippen molar-refractivity contribution in [2.24, 2.45) is 0 Å². The molecule has 3 aromatic rings. The number of methoxy groups -OCH3 is 1. The molecule has 1 aromatic heterocycles. The number of hydrogen-bond acceptors (Lipinski definition) is 5. The maximum absolute atomic E-state index is 9.16. The normalized spacial score (nSPS) is 14.4. The number of fused-ring (bicyclic) bond motifs is 1. The average molecular weight is 414 g/mol. The highest BCUT2D eigenvalue weighted by Crippen LogP contribution is 2.26. The van der Waals surface area contributed by atoms with E-state index in [1.165, 1.54) is 10.9 Å². The van der Waals surface area contributed by atoms with Gasteiger partial charge in [-0.15, -0.1) is 0 Å². The molecule has 4 rings (SSSR count). The van der Waals surface area contributed by atoms with Gasteiger partial charge in [-0.3, -0.25) is 4.90 Å². The molecule has 1 fully saturated rings. The number of rotatable bonds is 7. The molecule has 0 saturated carbocycles. The summed E-state index contributed by atoms with van der Waals surface area (Å²) in [4.78, 5) is 8.20. The van der Waals surface area contributed by atoms with E-state index in [1.807, 2.05) is 36.4 Å². The van der Waals surface area contributed by atoms with Crippen LogP contribution in [-0.2, 0) is 6.42 Å². The summed E-state index contributed by atoms with van der Waals surface area (Å²) in [5.74, 6) is 0.640. The van der Waals surface area contributed by atoms with E-state index in [1.54, 1.807) is 7.11 Å². The number of aryl methyl sites for hydroxylation is 1. The lowest BCUT2D eigenvalue weighted by Crippen LogP contribution is -2.46. The summed E-state index contributed by atoms with van der Waals surface area (Å²) >= 11 is 0. The fraction of sp³-hybridized carbons (Fsp3) is 0.360. The first kappa shape index (κ1) is 20.8. The Hall–Kier alpha value is -3.48. The molecule has 158 valence electrons. The van der Waals surface area contributed by atoms with Crippen molar-refractivity contribution in [2.45, 2.75) is 19.3 Å². The fourth-order valence-electron chi connectivity index (χ4n) is 4.30. The third-order valence-corrected chi connectivity index (χ3v) is 6.11. The molecule has 0 amide bonds.